The molecule has 0 aromatic heterocycles. The second kappa shape index (κ2) is 11.4. The van der Waals surface area contributed by atoms with Crippen molar-refractivity contribution in [3.8, 4) is 0 Å². The number of amides is 5. The van der Waals surface area contributed by atoms with E-state index in [0.29, 0.717) is 0 Å². The summed E-state index contributed by atoms with van der Waals surface area (Å²) in [4.78, 5) is 102. The third-order valence-electron chi connectivity index (χ3n) is 8.29. The van der Waals surface area contributed by atoms with Crippen molar-refractivity contribution < 1.29 is 48.7 Å². The number of nitrogens with one attached hydrogen (secondary N) is 3. The van der Waals surface area contributed by atoms with E-state index in [1.165, 1.54) is 40.6 Å². The molecule has 5 rings (SSSR count). The number of hydrogen-bond donors (Lipinski definition) is 5. The molecule has 0 bridgehead atoms. The van der Waals surface area contributed by atoms with Crippen molar-refractivity contribution in [2.24, 2.45) is 0 Å². The summed E-state index contributed by atoms with van der Waals surface area (Å²) in [6.07, 6.45) is -0.717. The molecule has 0 radical (unpaired) electrons. The molecule has 0 aliphatic carbocycles. The van der Waals surface area contributed by atoms with Crippen LogP contribution in [0.2, 0.25) is 0 Å². The molecule has 17 nitrogen and oxygen atoms in total. The highest BCUT2D eigenvalue weighted by molar-refractivity contribution is 8.02. The Kier molecular flexibility index (Phi) is 8.21. The smallest absolute Gasteiger partial charge is 0.327 e. The lowest BCUT2D eigenvalue weighted by atomic mass is 9.95. The minimum absolute atomic E-state index is 0.190. The van der Waals surface area contributed by atoms with E-state index >= 15 is 0 Å². The number of carboxylic acids is 2. The van der Waals surface area contributed by atoms with E-state index in [0.717, 1.165) is 17.0 Å². The van der Waals surface area contributed by atoms with Crippen molar-refractivity contribution in [2.45, 2.75) is 84.6 Å². The van der Waals surface area contributed by atoms with Crippen LogP contribution in [-0.2, 0) is 28.8 Å². The van der Waals surface area contributed by atoms with Gasteiger partial charge in [0.1, 0.15) is 41.0 Å². The maximum atomic E-state index is 13.5. The summed E-state index contributed by atoms with van der Waals surface area (Å²) < 4.78 is -1.73. The fourth-order valence-electron chi connectivity index (χ4n) is 6.17. The van der Waals surface area contributed by atoms with E-state index in [1.54, 1.807) is 27.7 Å². The van der Waals surface area contributed by atoms with Crippen LogP contribution in [-0.4, -0.2) is 117 Å². The van der Waals surface area contributed by atoms with Crippen LogP contribution < -0.4 is 16.0 Å². The molecule has 4 aliphatic rings. The van der Waals surface area contributed by atoms with Gasteiger partial charge in [0.2, 0.25) is 23.6 Å². The molecule has 246 valence electrons. The Morgan fingerprint density at radius 3 is 1.89 bits per heavy atom. The van der Waals surface area contributed by atoms with Gasteiger partial charge in [-0.3, -0.25) is 34.1 Å². The molecule has 5 N–H and O–H groups in total. The number of carboxylic acid groups (broad SMARTS) is 2. The fourth-order valence-corrected chi connectivity index (χ4v) is 9.42. The minimum Gasteiger partial charge on any atom is -0.480 e. The molecule has 5 amide bonds. The van der Waals surface area contributed by atoms with Crippen LogP contribution >= 0.6 is 23.5 Å². The average molecular weight is 679 g/mol. The van der Waals surface area contributed by atoms with E-state index in [9.17, 15) is 53.9 Å². The van der Waals surface area contributed by atoms with Gasteiger partial charge in [0.25, 0.3) is 11.6 Å². The summed E-state index contributed by atoms with van der Waals surface area (Å²) in [5, 5.41) is 36.5. The first-order chi connectivity index (χ1) is 21.4. The van der Waals surface area contributed by atoms with Crippen LogP contribution in [0.25, 0.3) is 0 Å². The average Bonchev–Trinajstić information content (AvgIpc) is 3.38. The number of rotatable bonds is 10. The second-order valence-corrected chi connectivity index (χ2v) is 15.8. The first-order valence-corrected chi connectivity index (χ1v) is 15.7. The van der Waals surface area contributed by atoms with Gasteiger partial charge in [-0.05, 0) is 33.8 Å². The first-order valence-electron chi connectivity index (χ1n) is 14.0. The van der Waals surface area contributed by atoms with E-state index < -0.39 is 109 Å². The molecule has 19 heteroatoms. The van der Waals surface area contributed by atoms with Crippen molar-refractivity contribution in [1.29, 1.82) is 0 Å². The zero-order valence-electron chi connectivity index (χ0n) is 24.8. The predicted octanol–water partition coefficient (Wildman–Crippen LogP) is -0.653. The predicted molar refractivity (Wildman–Crippen MR) is 160 cm³/mol. The monoisotopic (exact) mass is 678 g/mol. The number of hydrogen-bond acceptors (Lipinski definition) is 11. The molecule has 46 heavy (non-hydrogen) atoms. The summed E-state index contributed by atoms with van der Waals surface area (Å²) in [6, 6.07) is -1.50. The normalized spacial score (nSPS) is 29.0. The molecule has 1 aromatic carbocycles. The van der Waals surface area contributed by atoms with E-state index in [2.05, 4.69) is 16.0 Å². The third-order valence-corrected chi connectivity index (χ3v) is 11.4. The number of thioether (sulfide) groups is 2. The number of fused-ring (bicyclic) bond motifs is 2. The van der Waals surface area contributed by atoms with Crippen molar-refractivity contribution in [3.05, 3.63) is 39.9 Å². The van der Waals surface area contributed by atoms with Crippen LogP contribution in [0.4, 0.5) is 5.69 Å². The highest BCUT2D eigenvalue weighted by atomic mass is 32.2. The summed E-state index contributed by atoms with van der Waals surface area (Å²) in [5.41, 5.74) is -0.588. The summed E-state index contributed by atoms with van der Waals surface area (Å²) in [7, 11) is 0. The molecule has 7 atom stereocenters. The van der Waals surface area contributed by atoms with Crippen molar-refractivity contribution >= 4 is 70.7 Å². The van der Waals surface area contributed by atoms with Gasteiger partial charge in [0, 0.05) is 27.2 Å². The number of nitro groups is 1. The lowest BCUT2D eigenvalue weighted by Crippen LogP contribution is -2.72. The molecular formula is C27H30N6O11S2. The molecule has 0 spiro atoms. The Hall–Kier alpha value is -4.39. The first kappa shape index (κ1) is 33.0. The van der Waals surface area contributed by atoms with Gasteiger partial charge in [-0.15, -0.1) is 23.5 Å². The maximum absolute atomic E-state index is 13.5. The number of carbonyl (C=O) groups is 7. The number of β-lactam (4-membered cyclic amide) rings is 2. The zero-order chi connectivity index (χ0) is 34.0. The van der Waals surface area contributed by atoms with Crippen LogP contribution in [0, 0.1) is 10.1 Å². The maximum Gasteiger partial charge on any atom is 0.327 e. The van der Waals surface area contributed by atoms with Gasteiger partial charge in [-0.1, -0.05) is 6.07 Å². The minimum atomic E-state index is -1.63. The Morgan fingerprint density at radius 1 is 0.913 bits per heavy atom. The van der Waals surface area contributed by atoms with Gasteiger partial charge in [-0.2, -0.15) is 0 Å². The van der Waals surface area contributed by atoms with Gasteiger partial charge >= 0.3 is 11.9 Å². The Morgan fingerprint density at radius 2 is 1.41 bits per heavy atom. The Bertz CT molecular complexity index is 1580. The van der Waals surface area contributed by atoms with E-state index in [1.807, 2.05) is 0 Å². The SMILES string of the molecule is CC1(C)S[C@@H]2[C@H](NC(=O)CC(NC(=O)c3cccc([N+](=O)[O-])c3)C(=O)N[C@@H]3C(=O)N4[C@@H]3SC(C)(C)[C@@H]4C(=O)O)C(=O)N2[C@H]1C(=O)O. The van der Waals surface area contributed by atoms with Crippen LogP contribution in [0.5, 0.6) is 0 Å². The second-order valence-electron chi connectivity index (χ2n) is 12.3. The van der Waals surface area contributed by atoms with Crippen LogP contribution in [0.1, 0.15) is 44.5 Å². The molecule has 4 fully saturated rings. The molecule has 4 aliphatic heterocycles. The molecule has 0 saturated carbocycles. The lowest BCUT2D eigenvalue weighted by Gasteiger charge is -2.44. The van der Waals surface area contributed by atoms with Crippen molar-refractivity contribution in [2.75, 3.05) is 0 Å². The van der Waals surface area contributed by atoms with Crippen LogP contribution in [0.15, 0.2) is 24.3 Å². The number of non-ortho nitro benzene ring substituents is 1. The Balaban J connectivity index is 1.32. The molecule has 1 unspecified atom stereocenters. The third kappa shape index (κ3) is 5.50. The van der Waals surface area contributed by atoms with Crippen molar-refractivity contribution in [3.63, 3.8) is 0 Å². The number of nitrogens with zero attached hydrogens (tertiary/aromatic N) is 3. The standard InChI is InChI=1S/C27H30N6O11S2/c1-26(2)16(24(39)40)31-20(37)14(22(31)45-26)29-13(34)9-12(28-18(35)10-6-5-7-11(8-10)33(43)44)19(36)30-15-21(38)32-17(25(41)42)27(3,4)46-23(15)32/h5-8,12,14-17,22-23H,9H2,1-4H3,(H,28,35)(H,29,34)(H,30,36)(H,39,40)(H,41,42)/t12?,14-,15-,16+,17+,22-,23-/m1/s1. The molecule has 4 saturated heterocycles. The largest absolute Gasteiger partial charge is 0.480 e. The summed E-state index contributed by atoms with van der Waals surface area (Å²) in [6.45, 7) is 6.63. The lowest BCUT2D eigenvalue weighted by molar-refractivity contribution is -0.384. The van der Waals surface area contributed by atoms with Gasteiger partial charge in [-0.25, -0.2) is 9.59 Å². The fraction of sp³-hybridized carbons (Fsp3) is 0.519. The highest BCUT2D eigenvalue weighted by Crippen LogP contribution is 2.51. The van der Waals surface area contributed by atoms with Gasteiger partial charge in [0.15, 0.2) is 0 Å². The molecule has 1 aromatic rings. The topological polar surface area (TPSA) is 246 Å². The number of benzene rings is 1. The van der Waals surface area contributed by atoms with Gasteiger partial charge < -0.3 is 36.0 Å². The van der Waals surface area contributed by atoms with E-state index in [-0.39, 0.29) is 5.56 Å². The zero-order valence-corrected chi connectivity index (χ0v) is 26.4. The number of aliphatic carboxylic acids is 2. The van der Waals surface area contributed by atoms with Gasteiger partial charge in [0.05, 0.1) is 11.3 Å². The summed E-state index contributed by atoms with van der Waals surface area (Å²) in [5.74, 6) is -6.44. The quantitative estimate of drug-likeness (QED) is 0.117. The van der Waals surface area contributed by atoms with Crippen LogP contribution in [0.3, 0.4) is 0 Å². The molecular weight excluding hydrogens is 648 g/mol. The number of carbonyl (C=O) groups excluding carboxylic acids is 5. The molecule has 4 heterocycles. The Labute approximate surface area is 269 Å². The highest BCUT2D eigenvalue weighted by Gasteiger charge is 2.65. The summed E-state index contributed by atoms with van der Waals surface area (Å²) >= 11 is 2.37. The number of nitro benzene ring substituents is 1. The van der Waals surface area contributed by atoms with E-state index in [4.69, 9.17) is 0 Å². The van der Waals surface area contributed by atoms with Crippen molar-refractivity contribution in [1.82, 2.24) is 25.8 Å².